The van der Waals surface area contributed by atoms with Gasteiger partial charge in [-0.1, -0.05) is 12.1 Å². The zero-order chi connectivity index (χ0) is 25.9. The summed E-state index contributed by atoms with van der Waals surface area (Å²) in [7, 11) is 0. The van der Waals surface area contributed by atoms with Crippen LogP contribution in [0.25, 0.3) is 21.6 Å². The topological polar surface area (TPSA) is 140 Å². The minimum Gasteiger partial charge on any atom is -0.447 e. The normalized spacial score (nSPS) is 16.5. The summed E-state index contributed by atoms with van der Waals surface area (Å²) in [6.45, 7) is 3.65. The third kappa shape index (κ3) is 5.01. The van der Waals surface area contributed by atoms with Gasteiger partial charge in [0.05, 0.1) is 35.3 Å². The lowest BCUT2D eigenvalue weighted by Gasteiger charge is -2.25. The first-order chi connectivity index (χ1) is 17.9. The van der Waals surface area contributed by atoms with Crippen molar-refractivity contribution in [3.63, 3.8) is 0 Å². The van der Waals surface area contributed by atoms with Crippen molar-refractivity contribution in [3.05, 3.63) is 69.2 Å². The van der Waals surface area contributed by atoms with Crippen LogP contribution in [0.4, 0.5) is 10.6 Å². The van der Waals surface area contributed by atoms with Gasteiger partial charge in [0.1, 0.15) is 23.3 Å². The van der Waals surface area contributed by atoms with Gasteiger partial charge in [-0.3, -0.25) is 9.36 Å². The predicted octanol–water partition coefficient (Wildman–Crippen LogP) is 3.72. The summed E-state index contributed by atoms with van der Waals surface area (Å²) in [5, 5.41) is 11.5. The van der Waals surface area contributed by atoms with Crippen LogP contribution < -0.4 is 11.3 Å². The minimum absolute atomic E-state index is 0.107. The summed E-state index contributed by atoms with van der Waals surface area (Å²) in [6.07, 6.45) is 5.11. The molecule has 11 heteroatoms. The largest absolute Gasteiger partial charge is 0.447 e. The Balaban J connectivity index is 0.000000233. The van der Waals surface area contributed by atoms with Gasteiger partial charge in [-0.15, -0.1) is 11.3 Å². The van der Waals surface area contributed by atoms with Crippen molar-refractivity contribution in [2.24, 2.45) is 0 Å². The molecule has 0 bridgehead atoms. The van der Waals surface area contributed by atoms with E-state index < -0.39 is 0 Å². The number of hydrogen-bond acceptors (Lipinski definition) is 9. The lowest BCUT2D eigenvalue weighted by Crippen LogP contribution is -2.37. The standard InChI is InChI=1S/C19H14N6OS.C7H11NO2/c1-11-23-15-8-14(18-22-6-7-27-18)17(21)24-16(15)19(26)25(11)10-13-4-2-12(9-20)3-5-13;9-7-8-4-2-1-3-6(8)5-10-7/h2-8H,10H2,1H3,(H2,21,24);6H,1-5H2. The van der Waals surface area contributed by atoms with Gasteiger partial charge in [0.15, 0.2) is 5.52 Å². The van der Waals surface area contributed by atoms with E-state index in [2.05, 4.69) is 21.0 Å². The van der Waals surface area contributed by atoms with E-state index in [4.69, 9.17) is 15.7 Å². The van der Waals surface area contributed by atoms with Gasteiger partial charge in [0, 0.05) is 18.1 Å². The molecule has 2 aliphatic rings. The Hall–Kier alpha value is -4.30. The smallest absolute Gasteiger partial charge is 0.410 e. The molecule has 2 saturated heterocycles. The van der Waals surface area contributed by atoms with Crippen molar-refractivity contribution in [2.75, 3.05) is 18.9 Å². The summed E-state index contributed by atoms with van der Waals surface area (Å²) in [5.74, 6) is 0.832. The van der Waals surface area contributed by atoms with Crippen molar-refractivity contribution < 1.29 is 9.53 Å². The Morgan fingerprint density at radius 2 is 2.03 bits per heavy atom. The maximum atomic E-state index is 13.0. The molecule has 4 aromatic rings. The molecule has 5 heterocycles. The van der Waals surface area contributed by atoms with Crippen molar-refractivity contribution >= 4 is 34.3 Å². The van der Waals surface area contributed by atoms with Gasteiger partial charge in [-0.2, -0.15) is 5.26 Å². The number of carbonyl (C=O) groups excluding carboxylic acids is 1. The number of thiazole rings is 1. The van der Waals surface area contributed by atoms with E-state index in [-0.39, 0.29) is 23.0 Å². The number of nitrogens with two attached hydrogens (primary N) is 1. The van der Waals surface area contributed by atoms with Crippen LogP contribution in [0.15, 0.2) is 46.7 Å². The molecule has 1 amide bonds. The van der Waals surface area contributed by atoms with Crippen molar-refractivity contribution in [1.29, 1.82) is 5.26 Å². The quantitative estimate of drug-likeness (QED) is 0.435. The predicted molar refractivity (Wildman–Crippen MR) is 140 cm³/mol. The Morgan fingerprint density at radius 3 is 2.73 bits per heavy atom. The number of aromatic nitrogens is 4. The molecule has 10 nitrogen and oxygen atoms in total. The highest BCUT2D eigenvalue weighted by atomic mass is 32.1. The second kappa shape index (κ2) is 10.4. The Morgan fingerprint density at radius 1 is 1.22 bits per heavy atom. The van der Waals surface area contributed by atoms with Crippen LogP contribution in [0.1, 0.15) is 36.2 Å². The van der Waals surface area contributed by atoms with Crippen molar-refractivity contribution in [2.45, 2.75) is 38.8 Å². The molecule has 1 unspecified atom stereocenters. The average molecular weight is 516 g/mol. The van der Waals surface area contributed by atoms with E-state index in [9.17, 15) is 9.59 Å². The molecule has 37 heavy (non-hydrogen) atoms. The van der Waals surface area contributed by atoms with Crippen LogP contribution in [-0.4, -0.2) is 49.7 Å². The molecule has 188 valence electrons. The van der Waals surface area contributed by atoms with Gasteiger partial charge in [-0.25, -0.2) is 19.7 Å². The van der Waals surface area contributed by atoms with E-state index in [1.807, 2.05) is 22.4 Å². The summed E-state index contributed by atoms with van der Waals surface area (Å²) in [4.78, 5) is 38.8. The van der Waals surface area contributed by atoms with Gasteiger partial charge in [0.25, 0.3) is 5.56 Å². The van der Waals surface area contributed by atoms with Crippen LogP contribution in [0.2, 0.25) is 0 Å². The monoisotopic (exact) mass is 515 g/mol. The number of piperidine rings is 1. The number of carbonyl (C=O) groups is 1. The molecule has 3 aromatic heterocycles. The Labute approximate surface area is 217 Å². The SMILES string of the molecule is Cc1nc2cc(-c3nccs3)c(N)nc2c(=O)n1Cc1ccc(C#N)cc1.O=C1OCC2CCCCN12. The third-order valence-corrected chi connectivity index (χ3v) is 7.31. The van der Waals surface area contributed by atoms with Crippen LogP contribution in [0, 0.1) is 18.3 Å². The first-order valence-corrected chi connectivity index (χ1v) is 12.8. The van der Waals surface area contributed by atoms with Crippen molar-refractivity contribution in [3.8, 4) is 16.6 Å². The fraction of sp³-hybridized carbons (Fsp3) is 0.308. The molecule has 2 fully saturated rings. The fourth-order valence-electron chi connectivity index (χ4n) is 4.51. The minimum atomic E-state index is -0.251. The molecule has 2 aliphatic heterocycles. The lowest BCUT2D eigenvalue weighted by molar-refractivity contribution is 0.154. The number of anilines is 1. The number of amides is 1. The van der Waals surface area contributed by atoms with Crippen LogP contribution >= 0.6 is 11.3 Å². The molecular formula is C26H25N7O3S. The summed E-state index contributed by atoms with van der Waals surface area (Å²) in [6, 6.07) is 11.3. The second-order valence-corrected chi connectivity index (χ2v) is 9.80. The number of aryl methyl sites for hydroxylation is 1. The Bertz CT molecular complexity index is 1540. The first-order valence-electron chi connectivity index (χ1n) is 11.9. The molecule has 1 atom stereocenters. The maximum absolute atomic E-state index is 13.0. The van der Waals surface area contributed by atoms with E-state index in [0.717, 1.165) is 30.0 Å². The number of ether oxygens (including phenoxy) is 1. The summed E-state index contributed by atoms with van der Waals surface area (Å²) >= 11 is 1.45. The second-order valence-electron chi connectivity index (χ2n) is 8.91. The highest BCUT2D eigenvalue weighted by Crippen LogP contribution is 2.28. The van der Waals surface area contributed by atoms with Crippen LogP contribution in [0.5, 0.6) is 0 Å². The molecule has 6 rings (SSSR count). The molecular weight excluding hydrogens is 490 g/mol. The highest BCUT2D eigenvalue weighted by Gasteiger charge is 2.34. The number of nitriles is 1. The molecule has 1 aromatic carbocycles. The van der Waals surface area contributed by atoms with Gasteiger partial charge in [0.2, 0.25) is 0 Å². The molecule has 0 saturated carbocycles. The van der Waals surface area contributed by atoms with Crippen LogP contribution in [-0.2, 0) is 11.3 Å². The molecule has 0 spiro atoms. The van der Waals surface area contributed by atoms with Crippen LogP contribution in [0.3, 0.4) is 0 Å². The number of benzene rings is 1. The van der Waals surface area contributed by atoms with E-state index in [1.54, 1.807) is 35.9 Å². The summed E-state index contributed by atoms with van der Waals surface area (Å²) in [5.41, 5.74) is 8.68. The van der Waals surface area contributed by atoms with Gasteiger partial charge in [-0.05, 0) is 49.9 Å². The number of fused-ring (bicyclic) bond motifs is 2. The summed E-state index contributed by atoms with van der Waals surface area (Å²) < 4.78 is 6.44. The fourth-order valence-corrected chi connectivity index (χ4v) is 5.18. The lowest BCUT2D eigenvalue weighted by atomic mass is 10.0. The van der Waals surface area contributed by atoms with Gasteiger partial charge >= 0.3 is 6.09 Å². The molecule has 0 aliphatic carbocycles. The van der Waals surface area contributed by atoms with E-state index >= 15 is 0 Å². The zero-order valence-electron chi connectivity index (χ0n) is 20.3. The average Bonchev–Trinajstić information content (AvgIpc) is 3.58. The zero-order valence-corrected chi connectivity index (χ0v) is 21.1. The van der Waals surface area contributed by atoms with E-state index in [1.165, 1.54) is 17.8 Å². The van der Waals surface area contributed by atoms with Crippen molar-refractivity contribution in [1.82, 2.24) is 24.4 Å². The number of nitrogen functional groups attached to an aromatic ring is 1. The third-order valence-electron chi connectivity index (χ3n) is 6.50. The number of hydrogen-bond donors (Lipinski definition) is 1. The molecule has 0 radical (unpaired) electrons. The number of nitrogens with zero attached hydrogens (tertiary/aromatic N) is 6. The number of pyridine rings is 1. The Kier molecular flexibility index (Phi) is 6.83. The van der Waals surface area contributed by atoms with E-state index in [0.29, 0.717) is 41.7 Å². The highest BCUT2D eigenvalue weighted by molar-refractivity contribution is 7.13. The maximum Gasteiger partial charge on any atom is 0.410 e. The molecule has 2 N–H and O–H groups in total. The van der Waals surface area contributed by atoms with Gasteiger partial charge < -0.3 is 15.4 Å². The number of rotatable bonds is 3. The first kappa shape index (κ1) is 24.4. The number of cyclic esters (lactones) is 1.